The first-order valence-electron chi connectivity index (χ1n) is 5.37. The molecule has 0 atom stereocenters. The van der Waals surface area contributed by atoms with E-state index in [0.29, 0.717) is 32.4 Å². The van der Waals surface area contributed by atoms with Gasteiger partial charge in [0.25, 0.3) is 0 Å². The molecule has 0 unspecified atom stereocenters. The van der Waals surface area contributed by atoms with E-state index in [9.17, 15) is 9.30 Å². The van der Waals surface area contributed by atoms with Gasteiger partial charge in [-0.1, -0.05) is 15.9 Å². The van der Waals surface area contributed by atoms with Crippen molar-refractivity contribution in [2.24, 2.45) is 5.18 Å². The molecule has 0 aliphatic heterocycles. The standard InChI is InChI=1S/C13H12Br2FNO2/c1-8-5-10(16)6-9(2)13(8)19-12(7-14)11(15)3-4-17-18/h3-6H,7H2,1-2H3/b4-3-,12-11-. The van der Waals surface area contributed by atoms with Gasteiger partial charge in [-0.15, -0.1) is 4.91 Å². The van der Waals surface area contributed by atoms with E-state index < -0.39 is 0 Å². The number of nitrogens with zero attached hydrogens (tertiary/aromatic N) is 1. The molecule has 0 fully saturated rings. The molecule has 0 saturated heterocycles. The lowest BCUT2D eigenvalue weighted by molar-refractivity contribution is 0.422. The monoisotopic (exact) mass is 391 g/mol. The van der Waals surface area contributed by atoms with Gasteiger partial charge in [-0.25, -0.2) is 4.39 Å². The van der Waals surface area contributed by atoms with Crippen molar-refractivity contribution in [1.29, 1.82) is 0 Å². The second-order valence-corrected chi connectivity index (χ2v) is 5.21. The number of rotatable bonds is 5. The highest BCUT2D eigenvalue weighted by atomic mass is 79.9. The van der Waals surface area contributed by atoms with Crippen molar-refractivity contribution in [2.45, 2.75) is 13.8 Å². The molecule has 0 heterocycles. The van der Waals surface area contributed by atoms with E-state index in [4.69, 9.17) is 4.74 Å². The Hall–Kier alpha value is -1.01. The van der Waals surface area contributed by atoms with Crippen LogP contribution in [0, 0.1) is 24.6 Å². The van der Waals surface area contributed by atoms with Crippen LogP contribution in [0.15, 0.2) is 39.8 Å². The fourth-order valence-corrected chi connectivity index (χ4v) is 2.64. The zero-order valence-corrected chi connectivity index (χ0v) is 13.6. The highest BCUT2D eigenvalue weighted by Crippen LogP contribution is 2.28. The highest BCUT2D eigenvalue weighted by Gasteiger charge is 2.10. The summed E-state index contributed by atoms with van der Waals surface area (Å²) in [6.07, 6.45) is 2.60. The van der Waals surface area contributed by atoms with Crippen LogP contribution in [0.25, 0.3) is 0 Å². The molecule has 0 saturated carbocycles. The average Bonchev–Trinajstić information content (AvgIpc) is 2.35. The van der Waals surface area contributed by atoms with Crippen LogP contribution in [0.4, 0.5) is 4.39 Å². The molecular weight excluding hydrogens is 381 g/mol. The lowest BCUT2D eigenvalue weighted by Gasteiger charge is -2.14. The number of aryl methyl sites for hydroxylation is 2. The van der Waals surface area contributed by atoms with Crippen LogP contribution in [-0.2, 0) is 0 Å². The van der Waals surface area contributed by atoms with Crippen LogP contribution in [0.1, 0.15) is 11.1 Å². The predicted octanol–water partition coefficient (Wildman–Crippen LogP) is 5.10. The van der Waals surface area contributed by atoms with Crippen molar-refractivity contribution in [3.05, 3.63) is 56.5 Å². The van der Waals surface area contributed by atoms with Crippen LogP contribution < -0.4 is 4.74 Å². The van der Waals surface area contributed by atoms with Crippen LogP contribution in [0.5, 0.6) is 5.75 Å². The molecule has 0 bridgehead atoms. The van der Waals surface area contributed by atoms with E-state index in [0.717, 1.165) is 6.20 Å². The van der Waals surface area contributed by atoms with Crippen molar-refractivity contribution >= 4 is 31.9 Å². The molecule has 6 heteroatoms. The average molecular weight is 393 g/mol. The van der Waals surface area contributed by atoms with Crippen LogP contribution in [0.2, 0.25) is 0 Å². The fraction of sp³-hybridized carbons (Fsp3) is 0.231. The van der Waals surface area contributed by atoms with E-state index >= 15 is 0 Å². The Kier molecular flexibility index (Phi) is 6.37. The maximum absolute atomic E-state index is 13.2. The molecule has 0 spiro atoms. The molecule has 1 rings (SSSR count). The summed E-state index contributed by atoms with van der Waals surface area (Å²) in [6.45, 7) is 3.54. The number of benzene rings is 1. The zero-order chi connectivity index (χ0) is 14.4. The van der Waals surface area contributed by atoms with Gasteiger partial charge in [0.15, 0.2) is 0 Å². The van der Waals surface area contributed by atoms with E-state index in [1.165, 1.54) is 18.2 Å². The first-order chi connectivity index (χ1) is 8.99. The molecule has 102 valence electrons. The third-order valence-electron chi connectivity index (χ3n) is 2.32. The van der Waals surface area contributed by atoms with Gasteiger partial charge in [-0.05, 0) is 64.3 Å². The topological polar surface area (TPSA) is 38.7 Å². The normalized spacial score (nSPS) is 12.5. The zero-order valence-electron chi connectivity index (χ0n) is 10.4. The van der Waals surface area contributed by atoms with Gasteiger partial charge in [0.1, 0.15) is 17.3 Å². The summed E-state index contributed by atoms with van der Waals surface area (Å²) in [5, 5.41) is 3.07. The third-order valence-corrected chi connectivity index (χ3v) is 3.54. The second kappa shape index (κ2) is 7.55. The van der Waals surface area contributed by atoms with Crippen molar-refractivity contribution in [3.63, 3.8) is 0 Å². The van der Waals surface area contributed by atoms with E-state index in [1.807, 2.05) is 0 Å². The quantitative estimate of drug-likeness (QED) is 0.302. The van der Waals surface area contributed by atoms with Crippen molar-refractivity contribution in [2.75, 3.05) is 5.33 Å². The van der Waals surface area contributed by atoms with Crippen LogP contribution >= 0.6 is 31.9 Å². The Morgan fingerprint density at radius 3 is 2.47 bits per heavy atom. The van der Waals surface area contributed by atoms with Crippen LogP contribution in [-0.4, -0.2) is 5.33 Å². The van der Waals surface area contributed by atoms with Gasteiger partial charge in [0.05, 0.1) is 16.0 Å². The highest BCUT2D eigenvalue weighted by molar-refractivity contribution is 9.12. The first-order valence-corrected chi connectivity index (χ1v) is 7.29. The number of hydrogen-bond acceptors (Lipinski definition) is 3. The summed E-state index contributed by atoms with van der Waals surface area (Å²) in [7, 11) is 0. The molecule has 0 aliphatic carbocycles. The van der Waals surface area contributed by atoms with Gasteiger partial charge in [0, 0.05) is 0 Å². The van der Waals surface area contributed by atoms with E-state index in [1.54, 1.807) is 13.8 Å². The summed E-state index contributed by atoms with van der Waals surface area (Å²) in [5.74, 6) is 0.869. The Bertz CT molecular complexity index is 518. The number of halogens is 3. The Balaban J connectivity index is 3.12. The van der Waals surface area contributed by atoms with Crippen molar-refractivity contribution in [1.82, 2.24) is 0 Å². The second-order valence-electron chi connectivity index (χ2n) is 3.80. The predicted molar refractivity (Wildman–Crippen MR) is 81.2 cm³/mol. The SMILES string of the molecule is Cc1cc(F)cc(C)c1O/C(CBr)=C(Br)/C=C\N=O. The fourth-order valence-electron chi connectivity index (χ4n) is 1.51. The van der Waals surface area contributed by atoms with Gasteiger partial charge in [0.2, 0.25) is 0 Å². The molecule has 0 aliphatic rings. The van der Waals surface area contributed by atoms with E-state index in [-0.39, 0.29) is 5.82 Å². The largest absolute Gasteiger partial charge is 0.459 e. The molecule has 0 amide bonds. The minimum atomic E-state index is -0.296. The summed E-state index contributed by atoms with van der Waals surface area (Å²) < 4.78 is 19.6. The first kappa shape index (κ1) is 16.0. The molecule has 0 radical (unpaired) electrons. The Morgan fingerprint density at radius 1 is 1.42 bits per heavy atom. The number of hydrogen-bond donors (Lipinski definition) is 0. The maximum atomic E-state index is 13.2. The van der Waals surface area contributed by atoms with Gasteiger partial charge < -0.3 is 4.74 Å². The number of nitroso groups, excluding NO2 is 1. The van der Waals surface area contributed by atoms with E-state index in [2.05, 4.69) is 37.0 Å². The molecule has 1 aromatic carbocycles. The van der Waals surface area contributed by atoms with Crippen LogP contribution in [0.3, 0.4) is 0 Å². The lowest BCUT2D eigenvalue weighted by atomic mass is 10.1. The summed E-state index contributed by atoms with van der Waals surface area (Å²) in [6, 6.07) is 2.82. The minimum absolute atomic E-state index is 0.296. The lowest BCUT2D eigenvalue weighted by Crippen LogP contribution is -2.02. The van der Waals surface area contributed by atoms with Gasteiger partial charge in [-0.2, -0.15) is 0 Å². The number of allylic oxidation sites excluding steroid dienone is 3. The maximum Gasteiger partial charge on any atom is 0.133 e. The Labute approximate surface area is 127 Å². The molecule has 0 N–H and O–H groups in total. The molecule has 19 heavy (non-hydrogen) atoms. The molecule has 0 aromatic heterocycles. The molecular formula is C13H12Br2FNO2. The smallest absolute Gasteiger partial charge is 0.133 e. The van der Waals surface area contributed by atoms with Gasteiger partial charge in [-0.3, -0.25) is 0 Å². The summed E-state index contributed by atoms with van der Waals surface area (Å²) in [5.41, 5.74) is 1.41. The Morgan fingerprint density at radius 2 is 2.00 bits per heavy atom. The number of ether oxygens (including phenoxy) is 1. The third kappa shape index (κ3) is 4.54. The van der Waals surface area contributed by atoms with Crippen molar-refractivity contribution in [3.8, 4) is 5.75 Å². The molecule has 1 aromatic rings. The molecule has 3 nitrogen and oxygen atoms in total. The van der Waals surface area contributed by atoms with Gasteiger partial charge >= 0.3 is 0 Å². The summed E-state index contributed by atoms with van der Waals surface area (Å²) >= 11 is 6.59. The number of alkyl halides is 1. The van der Waals surface area contributed by atoms with Crippen molar-refractivity contribution < 1.29 is 9.13 Å². The minimum Gasteiger partial charge on any atom is -0.459 e. The summed E-state index contributed by atoms with van der Waals surface area (Å²) in [4.78, 5) is 10.0.